The minimum absolute atomic E-state index is 0.0237. The van der Waals surface area contributed by atoms with E-state index >= 15 is 0 Å². The number of hydrogen-bond acceptors (Lipinski definition) is 12. The van der Waals surface area contributed by atoms with E-state index in [0.717, 1.165) is 63.6 Å². The van der Waals surface area contributed by atoms with E-state index in [-0.39, 0.29) is 18.0 Å². The largest absolute Gasteiger partial charge is 0.456 e. The topological polar surface area (TPSA) is 174 Å². The molecular weight excluding hydrogens is 620 g/mol. The first-order chi connectivity index (χ1) is 21.9. The highest BCUT2D eigenvalue weighted by molar-refractivity contribution is 7.86. The van der Waals surface area contributed by atoms with Crippen molar-refractivity contribution in [2.45, 2.75) is 108 Å². The first-order valence-corrected chi connectivity index (χ1v) is 16.5. The average molecular weight is 663 g/mol. The number of ether oxygens (including phenoxy) is 4. The molecule has 1 aromatic heterocycles. The van der Waals surface area contributed by atoms with Crippen molar-refractivity contribution in [2.24, 2.45) is 0 Å². The number of amides is 1. The van der Waals surface area contributed by atoms with Gasteiger partial charge in [0.25, 0.3) is 10.1 Å². The van der Waals surface area contributed by atoms with E-state index in [9.17, 15) is 22.8 Å². The van der Waals surface area contributed by atoms with E-state index in [0.29, 0.717) is 0 Å². The van der Waals surface area contributed by atoms with Crippen molar-refractivity contribution in [2.75, 3.05) is 13.2 Å². The molecule has 46 heavy (non-hydrogen) atoms. The van der Waals surface area contributed by atoms with Crippen molar-refractivity contribution in [3.63, 3.8) is 0 Å². The van der Waals surface area contributed by atoms with Crippen LogP contribution in [0.15, 0.2) is 35.4 Å². The van der Waals surface area contributed by atoms with Gasteiger partial charge in [0.15, 0.2) is 18.5 Å². The molecule has 0 unspecified atom stereocenters. The van der Waals surface area contributed by atoms with Gasteiger partial charge in [0.05, 0.1) is 30.3 Å². The highest BCUT2D eigenvalue weighted by atomic mass is 32.2. The average Bonchev–Trinajstić information content (AvgIpc) is 3.44. The van der Waals surface area contributed by atoms with Crippen molar-refractivity contribution < 1.29 is 45.9 Å². The van der Waals surface area contributed by atoms with Crippen LogP contribution in [0.2, 0.25) is 0 Å². The second-order valence-corrected chi connectivity index (χ2v) is 12.5. The van der Waals surface area contributed by atoms with Crippen molar-refractivity contribution in [1.82, 2.24) is 20.3 Å². The Labute approximate surface area is 269 Å². The van der Waals surface area contributed by atoms with E-state index in [4.69, 9.17) is 29.6 Å². The van der Waals surface area contributed by atoms with Gasteiger partial charge in [-0.15, -0.1) is 17.4 Å². The fourth-order valence-corrected chi connectivity index (χ4v) is 5.79. The van der Waals surface area contributed by atoms with Crippen LogP contribution in [0.5, 0.6) is 0 Å². The van der Waals surface area contributed by atoms with E-state index in [2.05, 4.69) is 21.5 Å². The Bertz CT molecular complexity index is 1450. The van der Waals surface area contributed by atoms with E-state index in [1.54, 1.807) is 16.8 Å². The van der Waals surface area contributed by atoms with Crippen LogP contribution in [-0.2, 0) is 60.6 Å². The number of rotatable bonds is 17. The molecule has 2 aromatic rings. The highest BCUT2D eigenvalue weighted by Gasteiger charge is 2.51. The van der Waals surface area contributed by atoms with Gasteiger partial charge in [-0.05, 0) is 38.3 Å². The lowest BCUT2D eigenvalue weighted by molar-refractivity contribution is -0.275. The highest BCUT2D eigenvalue weighted by Crippen LogP contribution is 2.29. The molecule has 1 fully saturated rings. The molecule has 0 bridgehead atoms. The Kier molecular flexibility index (Phi) is 14.1. The fourth-order valence-electron chi connectivity index (χ4n) is 4.87. The molecule has 5 atom stereocenters. The van der Waals surface area contributed by atoms with Crippen LogP contribution in [0.1, 0.15) is 64.1 Å². The van der Waals surface area contributed by atoms with Crippen molar-refractivity contribution in [3.8, 4) is 12.3 Å². The zero-order valence-electron chi connectivity index (χ0n) is 26.5. The van der Waals surface area contributed by atoms with Crippen LogP contribution in [0.3, 0.4) is 0 Å². The smallest absolute Gasteiger partial charge is 0.303 e. The van der Waals surface area contributed by atoms with Crippen LogP contribution in [-0.4, -0.2) is 85.1 Å². The van der Waals surface area contributed by atoms with Crippen LogP contribution in [0.25, 0.3) is 0 Å². The van der Waals surface area contributed by atoms with Crippen molar-refractivity contribution in [3.05, 3.63) is 41.7 Å². The molecule has 14 nitrogen and oxygen atoms in total. The summed E-state index contributed by atoms with van der Waals surface area (Å²) in [6.45, 7) is 5.00. The van der Waals surface area contributed by atoms with Crippen LogP contribution < -0.4 is 5.32 Å². The summed E-state index contributed by atoms with van der Waals surface area (Å²) in [6, 6.07) is 4.90. The quantitative estimate of drug-likeness (QED) is 0.113. The van der Waals surface area contributed by atoms with Gasteiger partial charge < -0.3 is 24.3 Å². The maximum atomic E-state index is 12.9. The van der Waals surface area contributed by atoms with E-state index < -0.39 is 65.2 Å². The van der Waals surface area contributed by atoms with Gasteiger partial charge in [0.2, 0.25) is 5.91 Å². The third-order valence-electron chi connectivity index (χ3n) is 7.01. The third kappa shape index (κ3) is 11.5. The number of benzene rings is 1. The van der Waals surface area contributed by atoms with Crippen molar-refractivity contribution >= 4 is 28.0 Å². The molecule has 2 heterocycles. The minimum atomic E-state index is -4.25. The fraction of sp³-hybridized carbons (Fsp3) is 0.581. The summed E-state index contributed by atoms with van der Waals surface area (Å²) in [4.78, 5) is 36.3. The summed E-state index contributed by atoms with van der Waals surface area (Å²) in [5, 5.41) is 11.0. The number of aromatic nitrogens is 3. The molecule has 1 aliphatic heterocycles. The predicted octanol–water partition coefficient (Wildman–Crippen LogP) is 2.23. The molecule has 0 spiro atoms. The second-order valence-electron chi connectivity index (χ2n) is 10.9. The van der Waals surface area contributed by atoms with Gasteiger partial charge in [-0.25, -0.2) is 4.68 Å². The van der Waals surface area contributed by atoms with Gasteiger partial charge in [-0.1, -0.05) is 35.8 Å². The number of carbonyl (C=O) groups excluding carboxylic acids is 3. The number of terminal acetylenes is 1. The van der Waals surface area contributed by atoms with Crippen LogP contribution in [0.4, 0.5) is 0 Å². The molecule has 3 rings (SSSR count). The Morgan fingerprint density at radius 3 is 2.35 bits per heavy atom. The predicted molar refractivity (Wildman–Crippen MR) is 163 cm³/mol. The maximum absolute atomic E-state index is 12.9. The summed E-state index contributed by atoms with van der Waals surface area (Å²) >= 11 is 0. The molecule has 1 aliphatic rings. The van der Waals surface area contributed by atoms with Gasteiger partial charge in [0.1, 0.15) is 12.1 Å². The number of esters is 2. The van der Waals surface area contributed by atoms with Gasteiger partial charge in [-0.3, -0.25) is 18.6 Å². The normalized spacial score (nSPS) is 21.2. The Morgan fingerprint density at radius 2 is 1.70 bits per heavy atom. The molecular formula is C31H42N4O10S. The standard InChI is InChI=1S/C31H42N4O10S/c1-6-7-8-9-10-11-12-25-19-35(34-33-25)17-18-41-31-28(32-22(3)36)30(44-24(5)38)29(43-23(4)37)27(45-31)20-42-46(39,40)26-15-13-21(2)14-16-26/h1,13-16,19,27-31H,7-12,17-18,20H2,2-5H3,(H,32,36)/t27-,28-,29-,30-,31+/m1/s1. The number of unbranched alkanes of at least 4 members (excludes halogenated alkanes) is 4. The SMILES string of the molecule is C#CCCCCCCc1cn(CCO[C@H]2O[C@H](COS(=O)(=O)c3ccc(C)cc3)[C@@H](OC(C)=O)[C@H](OC(C)=O)[C@H]2NC(C)=O)nn1. The molecule has 1 aromatic carbocycles. The molecule has 1 N–H and O–H groups in total. The summed E-state index contributed by atoms with van der Waals surface area (Å²) < 4.78 is 55.8. The Hall–Kier alpha value is -3.84. The number of nitrogens with zero attached hydrogens (tertiary/aromatic N) is 3. The van der Waals surface area contributed by atoms with Gasteiger partial charge >= 0.3 is 11.9 Å². The summed E-state index contributed by atoms with van der Waals surface area (Å²) in [5.74, 6) is 0.639. The number of aryl methyl sites for hydroxylation is 2. The second kappa shape index (κ2) is 17.7. The summed E-state index contributed by atoms with van der Waals surface area (Å²) in [5.41, 5.74) is 1.68. The van der Waals surface area contributed by atoms with E-state index in [1.165, 1.54) is 19.1 Å². The Morgan fingerprint density at radius 1 is 1.02 bits per heavy atom. The van der Waals surface area contributed by atoms with Crippen molar-refractivity contribution in [1.29, 1.82) is 0 Å². The molecule has 0 aliphatic carbocycles. The first kappa shape index (κ1) is 36.6. The monoisotopic (exact) mass is 662 g/mol. The lowest BCUT2D eigenvalue weighted by atomic mass is 9.96. The lowest BCUT2D eigenvalue weighted by Crippen LogP contribution is -2.66. The van der Waals surface area contributed by atoms with E-state index in [1.807, 2.05) is 13.1 Å². The molecule has 252 valence electrons. The molecule has 0 radical (unpaired) electrons. The molecule has 15 heteroatoms. The van der Waals surface area contributed by atoms with Gasteiger partial charge in [0, 0.05) is 33.4 Å². The number of carbonyl (C=O) groups is 3. The maximum Gasteiger partial charge on any atom is 0.303 e. The first-order valence-electron chi connectivity index (χ1n) is 15.1. The van der Waals surface area contributed by atoms with Crippen LogP contribution >= 0.6 is 0 Å². The zero-order valence-corrected chi connectivity index (χ0v) is 27.4. The van der Waals surface area contributed by atoms with Crippen LogP contribution in [0, 0.1) is 19.3 Å². The summed E-state index contributed by atoms with van der Waals surface area (Å²) in [6.07, 6.45) is 7.49. The molecule has 1 saturated heterocycles. The molecule has 0 saturated carbocycles. The molecule has 1 amide bonds. The minimum Gasteiger partial charge on any atom is -0.456 e. The summed E-state index contributed by atoms with van der Waals surface area (Å²) in [7, 11) is -4.25. The lowest BCUT2D eigenvalue weighted by Gasteiger charge is -2.45. The third-order valence-corrected chi connectivity index (χ3v) is 8.31. The van der Waals surface area contributed by atoms with Gasteiger partial charge in [-0.2, -0.15) is 8.42 Å². The number of nitrogens with one attached hydrogen (secondary N) is 1. The Balaban J connectivity index is 1.75. The number of hydrogen-bond donors (Lipinski definition) is 1. The zero-order chi connectivity index (χ0) is 33.7.